The molecule has 4 amide bonds. The monoisotopic (exact) mass is 380 g/mol. The minimum absolute atomic E-state index is 0.00790. The Labute approximate surface area is 157 Å². The summed E-state index contributed by atoms with van der Waals surface area (Å²) in [4.78, 5) is 47.4. The van der Waals surface area contributed by atoms with Crippen LogP contribution in [0.4, 0.5) is 9.59 Å². The maximum absolute atomic E-state index is 12.5. The first-order valence-corrected chi connectivity index (χ1v) is 10.1. The lowest BCUT2D eigenvalue weighted by Gasteiger charge is -2.34. The standard InChI is InChI=1S/C17H24N4O4S/c1-2-25-17(24)21-9-7-20(8-10-21)14(22)11-26-15-12-5-3-4-6-13(12)18-16(23)19-15/h12H,2-11H2,1H3. The van der Waals surface area contributed by atoms with Gasteiger partial charge in [-0.05, 0) is 26.2 Å². The van der Waals surface area contributed by atoms with Crippen molar-refractivity contribution in [3.05, 3.63) is 0 Å². The van der Waals surface area contributed by atoms with Crippen molar-refractivity contribution in [3.63, 3.8) is 0 Å². The van der Waals surface area contributed by atoms with Gasteiger partial charge >= 0.3 is 12.1 Å². The number of hydrogen-bond acceptors (Lipinski definition) is 5. The zero-order chi connectivity index (χ0) is 18.5. The first kappa shape index (κ1) is 18.9. The molecule has 1 unspecified atom stereocenters. The van der Waals surface area contributed by atoms with Crippen molar-refractivity contribution in [2.75, 3.05) is 38.5 Å². The molecule has 0 spiro atoms. The Morgan fingerprint density at radius 3 is 2.62 bits per heavy atom. The molecular weight excluding hydrogens is 356 g/mol. The number of carbonyl (C=O) groups excluding carboxylic acids is 3. The number of thioether (sulfide) groups is 1. The lowest BCUT2D eigenvalue weighted by molar-refractivity contribution is -0.129. The van der Waals surface area contributed by atoms with Crippen LogP contribution in [-0.2, 0) is 9.53 Å². The Balaban J connectivity index is 1.49. The maximum atomic E-state index is 12.5. The van der Waals surface area contributed by atoms with Gasteiger partial charge in [0.05, 0.1) is 17.4 Å². The van der Waals surface area contributed by atoms with E-state index in [-0.39, 0.29) is 23.7 Å². The highest BCUT2D eigenvalue weighted by Gasteiger charge is 2.31. The van der Waals surface area contributed by atoms with Crippen LogP contribution in [0.25, 0.3) is 0 Å². The zero-order valence-corrected chi connectivity index (χ0v) is 15.8. The summed E-state index contributed by atoms with van der Waals surface area (Å²) in [7, 11) is 0. The minimum Gasteiger partial charge on any atom is -0.450 e. The van der Waals surface area contributed by atoms with Crippen molar-refractivity contribution in [1.82, 2.24) is 9.80 Å². The second kappa shape index (κ2) is 8.66. The number of piperazine rings is 1. The summed E-state index contributed by atoms with van der Waals surface area (Å²) in [6.07, 6.45) is 3.63. The number of nitrogens with zero attached hydrogens (tertiary/aromatic N) is 4. The highest BCUT2D eigenvalue weighted by atomic mass is 32.2. The Hall–Kier alpha value is -1.90. The molecule has 142 valence electrons. The van der Waals surface area contributed by atoms with Gasteiger partial charge < -0.3 is 14.5 Å². The molecule has 0 radical (unpaired) electrons. The molecule has 1 saturated carbocycles. The normalized spacial score (nSPS) is 23.1. The van der Waals surface area contributed by atoms with Gasteiger partial charge in [-0.1, -0.05) is 18.2 Å². The third-order valence-electron chi connectivity index (χ3n) is 4.82. The third kappa shape index (κ3) is 4.44. The average Bonchev–Trinajstić information content (AvgIpc) is 2.66. The van der Waals surface area contributed by atoms with Gasteiger partial charge in [-0.15, -0.1) is 0 Å². The van der Waals surface area contributed by atoms with Crippen LogP contribution in [0.5, 0.6) is 0 Å². The predicted octanol–water partition coefficient (Wildman–Crippen LogP) is 2.18. The average molecular weight is 380 g/mol. The number of carbonyl (C=O) groups is 3. The summed E-state index contributed by atoms with van der Waals surface area (Å²) in [5, 5.41) is 0.734. The highest BCUT2D eigenvalue weighted by molar-refractivity contribution is 8.14. The molecule has 0 aromatic carbocycles. The summed E-state index contributed by atoms with van der Waals surface area (Å²) < 4.78 is 4.98. The Morgan fingerprint density at radius 1 is 1.15 bits per heavy atom. The van der Waals surface area contributed by atoms with Gasteiger partial charge in [-0.3, -0.25) is 4.79 Å². The summed E-state index contributed by atoms with van der Waals surface area (Å²) in [5.74, 6) is 0.378. The van der Waals surface area contributed by atoms with Crippen LogP contribution in [0.15, 0.2) is 9.98 Å². The number of rotatable bonds is 3. The predicted molar refractivity (Wildman–Crippen MR) is 99.9 cm³/mol. The van der Waals surface area contributed by atoms with Gasteiger partial charge in [0.2, 0.25) is 5.91 Å². The van der Waals surface area contributed by atoms with Crippen LogP contribution in [0, 0.1) is 5.92 Å². The molecule has 1 aliphatic carbocycles. The van der Waals surface area contributed by atoms with E-state index >= 15 is 0 Å². The molecule has 2 aliphatic heterocycles. The molecule has 2 fully saturated rings. The second-order valence-corrected chi connectivity index (χ2v) is 7.49. The van der Waals surface area contributed by atoms with E-state index < -0.39 is 6.03 Å². The van der Waals surface area contributed by atoms with Gasteiger partial charge in [0.1, 0.15) is 0 Å². The van der Waals surface area contributed by atoms with E-state index in [0.29, 0.717) is 32.8 Å². The Kier molecular flexibility index (Phi) is 6.29. The van der Waals surface area contributed by atoms with Crippen molar-refractivity contribution < 1.29 is 19.1 Å². The number of urea groups is 1. The SMILES string of the molecule is CCOC(=O)N1CCN(C(=O)CSC2=NC(=O)N=C3CCCCC32)CC1. The van der Waals surface area contributed by atoms with Crippen LogP contribution < -0.4 is 0 Å². The van der Waals surface area contributed by atoms with Crippen molar-refractivity contribution >= 4 is 40.5 Å². The first-order valence-electron chi connectivity index (χ1n) is 9.10. The van der Waals surface area contributed by atoms with Crippen molar-refractivity contribution in [2.45, 2.75) is 32.6 Å². The number of aliphatic imine (C=N–C) groups is 2. The van der Waals surface area contributed by atoms with Crippen LogP contribution in [0.1, 0.15) is 32.6 Å². The quantitative estimate of drug-likeness (QED) is 0.748. The lowest BCUT2D eigenvalue weighted by Crippen LogP contribution is -2.51. The molecule has 9 heteroatoms. The molecule has 0 aromatic rings. The molecule has 1 saturated heterocycles. The van der Waals surface area contributed by atoms with Crippen LogP contribution in [0.2, 0.25) is 0 Å². The van der Waals surface area contributed by atoms with Crippen LogP contribution in [0.3, 0.4) is 0 Å². The van der Waals surface area contributed by atoms with Crippen molar-refractivity contribution in [1.29, 1.82) is 0 Å². The summed E-state index contributed by atoms with van der Waals surface area (Å²) in [6.45, 7) is 4.08. The van der Waals surface area contributed by atoms with E-state index in [0.717, 1.165) is 36.4 Å². The molecule has 8 nitrogen and oxygen atoms in total. The van der Waals surface area contributed by atoms with E-state index in [1.165, 1.54) is 11.8 Å². The number of amides is 4. The van der Waals surface area contributed by atoms with Gasteiger partial charge in [-0.2, -0.15) is 4.99 Å². The lowest BCUT2D eigenvalue weighted by atomic mass is 9.87. The van der Waals surface area contributed by atoms with Gasteiger partial charge in [0.15, 0.2) is 0 Å². The zero-order valence-electron chi connectivity index (χ0n) is 15.0. The number of hydrogen-bond donors (Lipinski definition) is 0. The van der Waals surface area contributed by atoms with E-state index in [1.54, 1.807) is 16.7 Å². The fourth-order valence-electron chi connectivity index (χ4n) is 3.43. The summed E-state index contributed by atoms with van der Waals surface area (Å²) in [6, 6.07) is -0.448. The summed E-state index contributed by atoms with van der Waals surface area (Å²) in [5.41, 5.74) is 0.925. The van der Waals surface area contributed by atoms with E-state index in [1.807, 2.05) is 0 Å². The van der Waals surface area contributed by atoms with E-state index in [9.17, 15) is 14.4 Å². The molecule has 0 N–H and O–H groups in total. The molecule has 26 heavy (non-hydrogen) atoms. The first-order chi connectivity index (χ1) is 12.6. The molecule has 1 atom stereocenters. The van der Waals surface area contributed by atoms with E-state index in [4.69, 9.17) is 4.74 Å². The highest BCUT2D eigenvalue weighted by Crippen LogP contribution is 2.30. The second-order valence-electron chi connectivity index (χ2n) is 6.49. The van der Waals surface area contributed by atoms with Gasteiger partial charge in [-0.25, -0.2) is 14.6 Å². The van der Waals surface area contributed by atoms with Crippen LogP contribution >= 0.6 is 11.8 Å². The molecule has 3 aliphatic rings. The summed E-state index contributed by atoms with van der Waals surface area (Å²) >= 11 is 1.36. The van der Waals surface area contributed by atoms with Crippen molar-refractivity contribution in [2.24, 2.45) is 15.9 Å². The molecule has 0 aromatic heterocycles. The molecular formula is C17H24N4O4S. The third-order valence-corrected chi connectivity index (χ3v) is 5.89. The fourth-order valence-corrected chi connectivity index (χ4v) is 4.48. The Morgan fingerprint density at radius 2 is 1.88 bits per heavy atom. The topological polar surface area (TPSA) is 91.6 Å². The van der Waals surface area contributed by atoms with Gasteiger partial charge in [0, 0.05) is 37.8 Å². The van der Waals surface area contributed by atoms with Gasteiger partial charge in [0.25, 0.3) is 0 Å². The largest absolute Gasteiger partial charge is 0.450 e. The Bertz CT molecular complexity index is 641. The maximum Gasteiger partial charge on any atom is 0.409 e. The smallest absolute Gasteiger partial charge is 0.409 e. The molecule has 0 bridgehead atoms. The molecule has 3 rings (SSSR count). The fraction of sp³-hybridized carbons (Fsp3) is 0.706. The van der Waals surface area contributed by atoms with E-state index in [2.05, 4.69) is 9.98 Å². The molecule has 2 heterocycles. The number of ether oxygens (including phenoxy) is 1. The number of fused-ring (bicyclic) bond motifs is 1. The van der Waals surface area contributed by atoms with Crippen molar-refractivity contribution in [3.8, 4) is 0 Å². The minimum atomic E-state index is -0.448. The van der Waals surface area contributed by atoms with Crippen LogP contribution in [-0.4, -0.2) is 77.1 Å².